The van der Waals surface area contributed by atoms with Gasteiger partial charge in [-0.3, -0.25) is 0 Å². The Hall–Kier alpha value is -0.770. The molecule has 1 amide bonds. The fourth-order valence-electron chi connectivity index (χ4n) is 2.06. The van der Waals surface area contributed by atoms with E-state index in [-0.39, 0.29) is 17.7 Å². The molecule has 0 aromatic heterocycles. The van der Waals surface area contributed by atoms with Gasteiger partial charge >= 0.3 is 6.09 Å². The smallest absolute Gasteiger partial charge is 0.407 e. The fraction of sp³-hybridized carbons (Fsp3) is 0.917. The summed E-state index contributed by atoms with van der Waals surface area (Å²) in [4.78, 5) is 11.3. The first-order chi connectivity index (χ1) is 7.52. The van der Waals surface area contributed by atoms with Crippen molar-refractivity contribution in [2.75, 3.05) is 6.61 Å². The first-order valence-electron chi connectivity index (χ1n) is 6.24. The molecule has 1 aliphatic rings. The number of nitrogens with one attached hydrogen (secondary N) is 1. The highest BCUT2D eigenvalue weighted by Crippen LogP contribution is 2.25. The minimum atomic E-state index is -0.357. The standard InChI is InChI=1S/C12H24N2O2/c1-10(2)14-11(15)16-9-12(13)7-5-3-4-6-8-12/h10H,3-9,13H2,1-2H3,(H,14,15). The largest absolute Gasteiger partial charge is 0.448 e. The van der Waals surface area contributed by atoms with Crippen LogP contribution in [0.2, 0.25) is 0 Å². The van der Waals surface area contributed by atoms with Crippen molar-refractivity contribution in [3.8, 4) is 0 Å². The number of carbonyl (C=O) groups is 1. The van der Waals surface area contributed by atoms with E-state index in [1.807, 2.05) is 13.8 Å². The van der Waals surface area contributed by atoms with Gasteiger partial charge in [0.2, 0.25) is 0 Å². The number of hydrogen-bond acceptors (Lipinski definition) is 3. The van der Waals surface area contributed by atoms with Crippen LogP contribution >= 0.6 is 0 Å². The maximum atomic E-state index is 11.3. The van der Waals surface area contributed by atoms with Gasteiger partial charge in [0, 0.05) is 6.04 Å². The molecule has 0 aromatic rings. The maximum absolute atomic E-state index is 11.3. The lowest BCUT2D eigenvalue weighted by Crippen LogP contribution is -2.46. The number of hydrogen-bond donors (Lipinski definition) is 2. The number of ether oxygens (including phenoxy) is 1. The van der Waals surface area contributed by atoms with E-state index in [0.717, 1.165) is 25.7 Å². The number of amides is 1. The molecular formula is C12H24N2O2. The molecule has 0 aliphatic heterocycles. The third-order valence-electron chi connectivity index (χ3n) is 3.00. The van der Waals surface area contributed by atoms with Gasteiger partial charge in [-0.2, -0.15) is 0 Å². The first kappa shape index (κ1) is 13.3. The zero-order valence-corrected chi connectivity index (χ0v) is 10.4. The van der Waals surface area contributed by atoms with Gasteiger partial charge in [-0.25, -0.2) is 4.79 Å². The van der Waals surface area contributed by atoms with Crippen LogP contribution in [0.25, 0.3) is 0 Å². The van der Waals surface area contributed by atoms with Crippen molar-refractivity contribution in [3.63, 3.8) is 0 Å². The normalized spacial score (nSPS) is 20.2. The van der Waals surface area contributed by atoms with E-state index < -0.39 is 0 Å². The molecule has 1 aliphatic carbocycles. The van der Waals surface area contributed by atoms with Crippen LogP contribution in [-0.4, -0.2) is 24.3 Å². The average Bonchev–Trinajstić information content (AvgIpc) is 2.40. The van der Waals surface area contributed by atoms with E-state index in [1.54, 1.807) is 0 Å². The summed E-state index contributed by atoms with van der Waals surface area (Å²) in [5, 5.41) is 2.70. The molecular weight excluding hydrogens is 204 g/mol. The van der Waals surface area contributed by atoms with Gasteiger partial charge in [-0.05, 0) is 26.7 Å². The second-order valence-corrected chi connectivity index (χ2v) is 5.15. The van der Waals surface area contributed by atoms with E-state index in [0.29, 0.717) is 6.61 Å². The first-order valence-corrected chi connectivity index (χ1v) is 6.24. The Bertz CT molecular complexity index is 221. The highest BCUT2D eigenvalue weighted by molar-refractivity contribution is 5.67. The number of rotatable bonds is 3. The van der Waals surface area contributed by atoms with E-state index >= 15 is 0 Å². The minimum Gasteiger partial charge on any atom is -0.448 e. The summed E-state index contributed by atoms with van der Waals surface area (Å²) in [5.41, 5.74) is 5.93. The molecule has 0 aromatic carbocycles. The highest BCUT2D eigenvalue weighted by atomic mass is 16.5. The van der Waals surface area contributed by atoms with Crippen molar-refractivity contribution in [1.29, 1.82) is 0 Å². The average molecular weight is 228 g/mol. The Labute approximate surface area is 97.9 Å². The van der Waals surface area contributed by atoms with Crippen LogP contribution in [-0.2, 0) is 4.74 Å². The topological polar surface area (TPSA) is 64.3 Å². The third kappa shape index (κ3) is 4.84. The fourth-order valence-corrected chi connectivity index (χ4v) is 2.06. The van der Waals surface area contributed by atoms with Crippen LogP contribution in [0.5, 0.6) is 0 Å². The van der Waals surface area contributed by atoms with Gasteiger partial charge in [0.25, 0.3) is 0 Å². The number of nitrogens with two attached hydrogens (primary N) is 1. The molecule has 0 unspecified atom stereocenters. The Morgan fingerprint density at radius 3 is 2.38 bits per heavy atom. The Kier molecular flexibility index (Phi) is 5.06. The van der Waals surface area contributed by atoms with Gasteiger partial charge in [-0.1, -0.05) is 25.7 Å². The maximum Gasteiger partial charge on any atom is 0.407 e. The number of carbonyl (C=O) groups excluding carboxylic acids is 1. The zero-order valence-electron chi connectivity index (χ0n) is 10.4. The summed E-state index contributed by atoms with van der Waals surface area (Å²) in [6.45, 7) is 4.15. The van der Waals surface area contributed by atoms with Gasteiger partial charge in [0.05, 0.1) is 5.54 Å². The van der Waals surface area contributed by atoms with Gasteiger partial charge in [0.1, 0.15) is 6.61 Å². The van der Waals surface area contributed by atoms with Crippen molar-refractivity contribution < 1.29 is 9.53 Å². The SMILES string of the molecule is CC(C)NC(=O)OCC1(N)CCCCCC1. The molecule has 0 radical (unpaired) electrons. The molecule has 16 heavy (non-hydrogen) atoms. The lowest BCUT2D eigenvalue weighted by Gasteiger charge is -2.27. The van der Waals surface area contributed by atoms with E-state index in [4.69, 9.17) is 10.5 Å². The minimum absolute atomic E-state index is 0.107. The summed E-state index contributed by atoms with van der Waals surface area (Å²) in [7, 11) is 0. The van der Waals surface area contributed by atoms with Crippen molar-refractivity contribution in [2.24, 2.45) is 5.73 Å². The van der Waals surface area contributed by atoms with Crippen LogP contribution in [0, 0.1) is 0 Å². The second kappa shape index (κ2) is 6.09. The summed E-state index contributed by atoms with van der Waals surface area (Å²) >= 11 is 0. The van der Waals surface area contributed by atoms with Crippen LogP contribution in [0.3, 0.4) is 0 Å². The molecule has 1 rings (SSSR count). The van der Waals surface area contributed by atoms with Crippen LogP contribution in [0.1, 0.15) is 52.4 Å². The number of alkyl carbamates (subject to hydrolysis) is 1. The Morgan fingerprint density at radius 2 is 1.88 bits per heavy atom. The predicted molar refractivity (Wildman–Crippen MR) is 64.2 cm³/mol. The van der Waals surface area contributed by atoms with Crippen molar-refractivity contribution in [2.45, 2.75) is 64.0 Å². The highest BCUT2D eigenvalue weighted by Gasteiger charge is 2.27. The second-order valence-electron chi connectivity index (χ2n) is 5.15. The molecule has 0 bridgehead atoms. The van der Waals surface area contributed by atoms with Crippen molar-refractivity contribution >= 4 is 6.09 Å². The predicted octanol–water partition coefficient (Wildman–Crippen LogP) is 2.17. The molecule has 94 valence electrons. The Morgan fingerprint density at radius 1 is 1.31 bits per heavy atom. The van der Waals surface area contributed by atoms with Gasteiger partial charge < -0.3 is 15.8 Å². The molecule has 4 nitrogen and oxygen atoms in total. The lowest BCUT2D eigenvalue weighted by atomic mass is 9.93. The lowest BCUT2D eigenvalue weighted by molar-refractivity contribution is 0.108. The van der Waals surface area contributed by atoms with E-state index in [9.17, 15) is 4.79 Å². The molecule has 0 atom stereocenters. The summed E-state index contributed by atoms with van der Waals surface area (Å²) < 4.78 is 5.18. The van der Waals surface area contributed by atoms with Gasteiger partial charge in [-0.15, -0.1) is 0 Å². The van der Waals surface area contributed by atoms with Crippen LogP contribution < -0.4 is 11.1 Å². The Balaban J connectivity index is 2.31. The monoisotopic (exact) mass is 228 g/mol. The molecule has 4 heteroatoms. The molecule has 0 spiro atoms. The van der Waals surface area contributed by atoms with Crippen molar-refractivity contribution in [1.82, 2.24) is 5.32 Å². The zero-order chi connectivity index (χ0) is 12.0. The summed E-state index contributed by atoms with van der Waals surface area (Å²) in [6, 6.07) is 0.107. The quantitative estimate of drug-likeness (QED) is 0.728. The summed E-state index contributed by atoms with van der Waals surface area (Å²) in [5.74, 6) is 0. The third-order valence-corrected chi connectivity index (χ3v) is 3.00. The van der Waals surface area contributed by atoms with Gasteiger partial charge in [0.15, 0.2) is 0 Å². The molecule has 0 heterocycles. The molecule has 1 saturated carbocycles. The molecule has 1 fully saturated rings. The summed E-state index contributed by atoms with van der Waals surface area (Å²) in [6.07, 6.45) is 6.35. The molecule has 0 saturated heterocycles. The van der Waals surface area contributed by atoms with Crippen molar-refractivity contribution in [3.05, 3.63) is 0 Å². The van der Waals surface area contributed by atoms with Crippen LogP contribution in [0.15, 0.2) is 0 Å². The van der Waals surface area contributed by atoms with E-state index in [2.05, 4.69) is 5.32 Å². The molecule has 3 N–H and O–H groups in total. The van der Waals surface area contributed by atoms with Crippen LogP contribution in [0.4, 0.5) is 4.79 Å². The van der Waals surface area contributed by atoms with E-state index in [1.165, 1.54) is 12.8 Å².